The minimum absolute atomic E-state index is 0.214. The Balaban J connectivity index is 1.90. The van der Waals surface area contributed by atoms with Crippen LogP contribution >= 0.6 is 58.1 Å². The molecule has 20 heavy (non-hydrogen) atoms. The molecule has 0 atom stereocenters. The predicted molar refractivity (Wildman–Crippen MR) is 85.9 cm³/mol. The summed E-state index contributed by atoms with van der Waals surface area (Å²) < 4.78 is 1.57. The van der Waals surface area contributed by atoms with Crippen LogP contribution in [0.5, 0.6) is 0 Å². The van der Waals surface area contributed by atoms with Crippen molar-refractivity contribution in [2.75, 3.05) is 5.75 Å². The number of primary amides is 1. The minimum atomic E-state index is -0.366. The van der Waals surface area contributed by atoms with Crippen LogP contribution in [-0.2, 0) is 10.5 Å². The number of hydrogen-bond donors (Lipinski definition) is 1. The summed E-state index contributed by atoms with van der Waals surface area (Å²) in [6.45, 7) is 0. The largest absolute Gasteiger partial charge is 0.369 e. The van der Waals surface area contributed by atoms with E-state index in [9.17, 15) is 4.79 Å². The fourth-order valence-electron chi connectivity index (χ4n) is 1.22. The van der Waals surface area contributed by atoms with Crippen LogP contribution in [0.25, 0.3) is 0 Å². The molecule has 0 unspecified atom stereocenters. The SMILES string of the molecule is NC(=O)CSc1nnc(SCc2ccc(Cl)c(Cl)c2)s1. The summed E-state index contributed by atoms with van der Waals surface area (Å²) in [7, 11) is 0. The van der Waals surface area contributed by atoms with E-state index < -0.39 is 0 Å². The van der Waals surface area contributed by atoms with Gasteiger partial charge in [-0.2, -0.15) is 0 Å². The van der Waals surface area contributed by atoms with E-state index >= 15 is 0 Å². The molecular weight excluding hydrogens is 357 g/mol. The van der Waals surface area contributed by atoms with Gasteiger partial charge in [0, 0.05) is 5.75 Å². The van der Waals surface area contributed by atoms with Crippen molar-refractivity contribution in [2.45, 2.75) is 14.4 Å². The van der Waals surface area contributed by atoms with Crippen LogP contribution in [-0.4, -0.2) is 21.9 Å². The van der Waals surface area contributed by atoms with Gasteiger partial charge < -0.3 is 5.73 Å². The van der Waals surface area contributed by atoms with E-state index in [1.807, 2.05) is 12.1 Å². The topological polar surface area (TPSA) is 68.9 Å². The van der Waals surface area contributed by atoms with E-state index in [2.05, 4.69) is 10.2 Å². The lowest BCUT2D eigenvalue weighted by atomic mass is 10.2. The van der Waals surface area contributed by atoms with Gasteiger partial charge in [0.2, 0.25) is 5.91 Å². The second-order valence-electron chi connectivity index (χ2n) is 3.63. The summed E-state index contributed by atoms with van der Waals surface area (Å²) in [6.07, 6.45) is 0. The van der Waals surface area contributed by atoms with E-state index in [-0.39, 0.29) is 11.7 Å². The second-order valence-corrected chi connectivity index (χ2v) is 7.86. The second kappa shape index (κ2) is 7.51. The number of benzene rings is 1. The van der Waals surface area contributed by atoms with Crippen LogP contribution in [0.15, 0.2) is 26.9 Å². The Morgan fingerprint density at radius 2 is 1.90 bits per heavy atom. The zero-order valence-corrected chi connectivity index (χ0v) is 14.0. The lowest BCUT2D eigenvalue weighted by Gasteiger charge is -2.00. The number of amides is 1. The molecule has 1 aromatic carbocycles. The summed E-state index contributed by atoms with van der Waals surface area (Å²) in [5.74, 6) is 0.577. The van der Waals surface area contributed by atoms with Crippen molar-refractivity contribution in [1.82, 2.24) is 10.2 Å². The fourth-order valence-corrected chi connectivity index (χ4v) is 4.24. The number of aromatic nitrogens is 2. The fraction of sp³-hybridized carbons (Fsp3) is 0.182. The molecule has 0 fully saturated rings. The number of thioether (sulfide) groups is 2. The van der Waals surface area contributed by atoms with Crippen molar-refractivity contribution >= 4 is 64.0 Å². The highest BCUT2D eigenvalue weighted by Crippen LogP contribution is 2.31. The molecule has 1 heterocycles. The van der Waals surface area contributed by atoms with E-state index in [1.54, 1.807) is 17.8 Å². The Hall–Kier alpha value is -0.470. The minimum Gasteiger partial charge on any atom is -0.369 e. The van der Waals surface area contributed by atoms with Crippen molar-refractivity contribution in [1.29, 1.82) is 0 Å². The molecule has 0 saturated carbocycles. The number of hydrogen-bond acceptors (Lipinski definition) is 6. The molecule has 0 spiro atoms. The van der Waals surface area contributed by atoms with Gasteiger partial charge in [-0.15, -0.1) is 10.2 Å². The van der Waals surface area contributed by atoms with Gasteiger partial charge in [-0.3, -0.25) is 4.79 Å². The maximum absolute atomic E-state index is 10.7. The normalized spacial score (nSPS) is 10.7. The molecule has 2 N–H and O–H groups in total. The van der Waals surface area contributed by atoms with Gasteiger partial charge >= 0.3 is 0 Å². The van der Waals surface area contributed by atoms with E-state index in [0.29, 0.717) is 10.0 Å². The Kier molecular flexibility index (Phi) is 5.98. The van der Waals surface area contributed by atoms with Gasteiger partial charge in [-0.25, -0.2) is 0 Å². The average molecular weight is 366 g/mol. The van der Waals surface area contributed by atoms with Gasteiger partial charge in [0.05, 0.1) is 15.8 Å². The molecule has 4 nitrogen and oxygen atoms in total. The first-order chi connectivity index (χ1) is 9.54. The van der Waals surface area contributed by atoms with Crippen LogP contribution < -0.4 is 5.73 Å². The molecule has 0 radical (unpaired) electrons. The highest BCUT2D eigenvalue weighted by atomic mass is 35.5. The van der Waals surface area contributed by atoms with Gasteiger partial charge in [0.15, 0.2) is 8.68 Å². The van der Waals surface area contributed by atoms with Crippen molar-refractivity contribution in [3.05, 3.63) is 33.8 Å². The maximum atomic E-state index is 10.7. The van der Waals surface area contributed by atoms with Crippen LogP contribution in [0.2, 0.25) is 10.0 Å². The van der Waals surface area contributed by atoms with E-state index in [1.165, 1.54) is 23.1 Å². The smallest absolute Gasteiger partial charge is 0.227 e. The Bertz CT molecular complexity index is 621. The highest BCUT2D eigenvalue weighted by molar-refractivity contribution is 8.03. The molecule has 2 aromatic rings. The van der Waals surface area contributed by atoms with Crippen LogP contribution in [0.3, 0.4) is 0 Å². The zero-order chi connectivity index (χ0) is 14.5. The summed E-state index contributed by atoms with van der Waals surface area (Å²) in [5, 5.41) is 9.12. The molecule has 1 amide bonds. The van der Waals surface area contributed by atoms with Gasteiger partial charge in [0.25, 0.3) is 0 Å². The molecule has 0 saturated heterocycles. The molecular formula is C11H9Cl2N3OS3. The van der Waals surface area contributed by atoms with E-state index in [4.69, 9.17) is 28.9 Å². The quantitative estimate of drug-likeness (QED) is 0.790. The lowest BCUT2D eigenvalue weighted by Crippen LogP contribution is -2.12. The number of nitrogens with zero attached hydrogens (tertiary/aromatic N) is 2. The van der Waals surface area contributed by atoms with Crippen LogP contribution in [0, 0.1) is 0 Å². The van der Waals surface area contributed by atoms with Gasteiger partial charge in [0.1, 0.15) is 0 Å². The van der Waals surface area contributed by atoms with E-state index in [0.717, 1.165) is 20.0 Å². The Morgan fingerprint density at radius 3 is 2.55 bits per heavy atom. The first kappa shape index (κ1) is 15.9. The molecule has 0 aliphatic carbocycles. The average Bonchev–Trinajstić information content (AvgIpc) is 2.86. The molecule has 9 heteroatoms. The number of halogens is 2. The van der Waals surface area contributed by atoms with Gasteiger partial charge in [-0.05, 0) is 17.7 Å². The summed E-state index contributed by atoms with van der Waals surface area (Å²) in [6, 6.07) is 5.53. The number of nitrogens with two attached hydrogens (primary N) is 1. The predicted octanol–water partition coefficient (Wildman–Crippen LogP) is 3.71. The molecule has 0 aliphatic rings. The van der Waals surface area contributed by atoms with Crippen molar-refractivity contribution in [3.8, 4) is 0 Å². The third-order valence-corrected chi connectivity index (χ3v) is 6.09. The molecule has 2 rings (SSSR count). The van der Waals surface area contributed by atoms with Crippen LogP contribution in [0.4, 0.5) is 0 Å². The third kappa shape index (κ3) is 4.82. The summed E-state index contributed by atoms with van der Waals surface area (Å²) in [5.41, 5.74) is 6.14. The Morgan fingerprint density at radius 1 is 1.20 bits per heavy atom. The zero-order valence-electron chi connectivity index (χ0n) is 10.0. The first-order valence-corrected chi connectivity index (χ1v) is 8.90. The summed E-state index contributed by atoms with van der Waals surface area (Å²) >= 11 is 16.1. The van der Waals surface area contributed by atoms with Crippen molar-refractivity contribution in [3.63, 3.8) is 0 Å². The van der Waals surface area contributed by atoms with Crippen molar-refractivity contribution < 1.29 is 4.79 Å². The third-order valence-electron chi connectivity index (χ3n) is 2.07. The summed E-state index contributed by atoms with van der Waals surface area (Å²) in [4.78, 5) is 10.7. The maximum Gasteiger partial charge on any atom is 0.227 e. The number of carbonyl (C=O) groups excluding carboxylic acids is 1. The first-order valence-electron chi connectivity index (χ1n) is 5.36. The lowest BCUT2D eigenvalue weighted by molar-refractivity contribution is -0.115. The molecule has 106 valence electrons. The highest BCUT2D eigenvalue weighted by Gasteiger charge is 2.08. The molecule has 1 aromatic heterocycles. The van der Waals surface area contributed by atoms with Gasteiger partial charge in [-0.1, -0.05) is 64.1 Å². The molecule has 0 aliphatic heterocycles. The molecule has 0 bridgehead atoms. The Labute approximate surface area is 138 Å². The monoisotopic (exact) mass is 365 g/mol. The number of carbonyl (C=O) groups is 1. The number of rotatable bonds is 6. The standard InChI is InChI=1S/C11H9Cl2N3OS3/c12-7-2-1-6(3-8(7)13)4-18-10-15-16-11(20-10)19-5-9(14)17/h1-3H,4-5H2,(H2,14,17). The van der Waals surface area contributed by atoms with Crippen LogP contribution in [0.1, 0.15) is 5.56 Å². The van der Waals surface area contributed by atoms with Crippen molar-refractivity contribution in [2.24, 2.45) is 5.73 Å².